The number of aromatic carboxylic acids is 1. The van der Waals surface area contributed by atoms with Crippen LogP contribution in [-0.4, -0.2) is 62.8 Å². The topological polar surface area (TPSA) is 129 Å². The molecule has 0 aliphatic rings. The van der Waals surface area contributed by atoms with E-state index in [0.29, 0.717) is 11.4 Å². The molecule has 0 saturated heterocycles. The van der Waals surface area contributed by atoms with Gasteiger partial charge in [-0.15, -0.1) is 11.3 Å². The first-order chi connectivity index (χ1) is 14.7. The molecule has 0 saturated carbocycles. The van der Waals surface area contributed by atoms with Gasteiger partial charge in [0.2, 0.25) is 5.91 Å². The highest BCUT2D eigenvalue weighted by Crippen LogP contribution is 2.27. The van der Waals surface area contributed by atoms with Crippen LogP contribution in [0.3, 0.4) is 0 Å². The minimum absolute atomic E-state index is 0.00313. The van der Waals surface area contributed by atoms with Gasteiger partial charge in [0, 0.05) is 24.9 Å². The first-order valence-corrected chi connectivity index (χ1v) is 11.7. The maximum Gasteiger partial charge on any atom is 0.408 e. The molecule has 4 atom stereocenters. The van der Waals surface area contributed by atoms with Gasteiger partial charge in [-0.05, 0) is 32.6 Å². The number of amides is 2. The van der Waals surface area contributed by atoms with Crippen LogP contribution < -0.4 is 5.32 Å². The molecule has 0 spiro atoms. The van der Waals surface area contributed by atoms with Crippen LogP contribution in [0.4, 0.5) is 4.79 Å². The number of likely N-dealkylation sites (N-methyl/N-ethyl adjacent to an activating group) is 1. The van der Waals surface area contributed by atoms with Crippen LogP contribution in [0.5, 0.6) is 0 Å². The fourth-order valence-corrected chi connectivity index (χ4v) is 4.04. The van der Waals surface area contributed by atoms with E-state index in [4.69, 9.17) is 9.84 Å². The van der Waals surface area contributed by atoms with Crippen molar-refractivity contribution in [2.45, 2.75) is 85.1 Å². The number of aromatic nitrogens is 1. The summed E-state index contributed by atoms with van der Waals surface area (Å²) in [6.45, 7) is 13.0. The summed E-state index contributed by atoms with van der Waals surface area (Å²) in [6.07, 6.45) is -0.815. The molecule has 10 heteroatoms. The van der Waals surface area contributed by atoms with Crippen molar-refractivity contribution in [2.75, 3.05) is 7.05 Å². The number of carbonyl (C=O) groups excluding carboxylic acids is 2. The summed E-state index contributed by atoms with van der Waals surface area (Å²) >= 11 is 1.07. The Kier molecular flexibility index (Phi) is 10.1. The first kappa shape index (κ1) is 27.8. The van der Waals surface area contributed by atoms with Gasteiger partial charge in [0.1, 0.15) is 22.8 Å². The standard InChI is InChI=1S/C22H37N3O6S/c1-9-13(4)17(24-21(30)31-22(5,6)7)19(27)25(8)15(12(2)3)10-16(26)18-23-14(11-32-18)20(28)29/h11-13,15-17,26H,9-10H2,1-8H3,(H,24,30)(H,28,29)/t13-,15+,16+,17-/m0/s1. The van der Waals surface area contributed by atoms with Gasteiger partial charge in [-0.2, -0.15) is 0 Å². The summed E-state index contributed by atoms with van der Waals surface area (Å²) < 4.78 is 5.33. The number of rotatable bonds is 10. The molecule has 0 bridgehead atoms. The molecule has 1 heterocycles. The van der Waals surface area contributed by atoms with Gasteiger partial charge in [-0.25, -0.2) is 14.6 Å². The summed E-state index contributed by atoms with van der Waals surface area (Å²) in [4.78, 5) is 42.3. The number of carboxylic acids is 1. The zero-order valence-corrected chi connectivity index (χ0v) is 21.0. The van der Waals surface area contributed by atoms with Crippen molar-refractivity contribution in [3.63, 3.8) is 0 Å². The van der Waals surface area contributed by atoms with Gasteiger partial charge in [0.05, 0.1) is 0 Å². The number of alkyl carbamates (subject to hydrolysis) is 1. The fourth-order valence-electron chi connectivity index (χ4n) is 3.25. The number of hydrogen-bond donors (Lipinski definition) is 3. The highest BCUT2D eigenvalue weighted by Gasteiger charge is 2.35. The van der Waals surface area contributed by atoms with Gasteiger partial charge < -0.3 is 25.2 Å². The molecule has 0 aromatic carbocycles. The van der Waals surface area contributed by atoms with E-state index in [0.717, 1.165) is 11.3 Å². The molecule has 0 aliphatic carbocycles. The van der Waals surface area contributed by atoms with Gasteiger partial charge in [0.15, 0.2) is 5.69 Å². The number of thiazole rings is 1. The number of carbonyl (C=O) groups is 3. The smallest absolute Gasteiger partial charge is 0.408 e. The Bertz CT molecular complexity index is 789. The van der Waals surface area contributed by atoms with E-state index < -0.39 is 29.8 Å². The Hall–Kier alpha value is -2.20. The molecule has 2 amide bonds. The number of hydrogen-bond acceptors (Lipinski definition) is 7. The average Bonchev–Trinajstić information content (AvgIpc) is 3.17. The summed E-state index contributed by atoms with van der Waals surface area (Å²) in [6, 6.07) is -1.14. The molecule has 0 unspecified atom stereocenters. The highest BCUT2D eigenvalue weighted by atomic mass is 32.1. The fraction of sp³-hybridized carbons (Fsp3) is 0.727. The third-order valence-electron chi connectivity index (χ3n) is 5.26. The van der Waals surface area contributed by atoms with Gasteiger partial charge >= 0.3 is 12.1 Å². The van der Waals surface area contributed by atoms with Crippen LogP contribution in [0, 0.1) is 11.8 Å². The average molecular weight is 472 g/mol. The Morgan fingerprint density at radius 3 is 2.28 bits per heavy atom. The third-order valence-corrected chi connectivity index (χ3v) is 6.20. The largest absolute Gasteiger partial charge is 0.476 e. The molecular weight excluding hydrogens is 434 g/mol. The molecular formula is C22H37N3O6S. The van der Waals surface area contributed by atoms with Crippen molar-refractivity contribution in [2.24, 2.45) is 11.8 Å². The maximum atomic E-state index is 13.4. The minimum Gasteiger partial charge on any atom is -0.476 e. The van der Waals surface area contributed by atoms with E-state index in [1.54, 1.807) is 32.7 Å². The predicted octanol–water partition coefficient (Wildman–Crippen LogP) is 3.69. The van der Waals surface area contributed by atoms with Crippen molar-refractivity contribution in [1.82, 2.24) is 15.2 Å². The lowest BCUT2D eigenvalue weighted by Crippen LogP contribution is -2.54. The van der Waals surface area contributed by atoms with Crippen LogP contribution >= 0.6 is 11.3 Å². The van der Waals surface area contributed by atoms with Crippen molar-refractivity contribution >= 4 is 29.3 Å². The second kappa shape index (κ2) is 11.6. The lowest BCUT2D eigenvalue weighted by atomic mass is 9.93. The van der Waals surface area contributed by atoms with Gasteiger partial charge in [-0.1, -0.05) is 34.1 Å². The van der Waals surface area contributed by atoms with E-state index in [1.807, 2.05) is 27.7 Å². The quantitative estimate of drug-likeness (QED) is 0.474. The lowest BCUT2D eigenvalue weighted by molar-refractivity contribution is -0.137. The molecule has 3 N–H and O–H groups in total. The number of aliphatic hydroxyl groups excluding tert-OH is 1. The normalized spacial score (nSPS) is 15.6. The molecule has 182 valence electrons. The van der Waals surface area contributed by atoms with Crippen LogP contribution in [-0.2, 0) is 9.53 Å². The Morgan fingerprint density at radius 1 is 1.25 bits per heavy atom. The molecule has 0 radical (unpaired) electrons. The van der Waals surface area contributed by atoms with E-state index in [1.165, 1.54) is 5.38 Å². The second-order valence-electron chi connectivity index (χ2n) is 9.40. The summed E-state index contributed by atoms with van der Waals surface area (Å²) in [5, 5.41) is 24.1. The molecule has 0 aliphatic heterocycles. The second-order valence-corrected chi connectivity index (χ2v) is 10.3. The Balaban J connectivity index is 3.03. The molecule has 1 rings (SSSR count). The minimum atomic E-state index is -1.16. The van der Waals surface area contributed by atoms with Crippen LogP contribution in [0.2, 0.25) is 0 Å². The van der Waals surface area contributed by atoms with Crippen molar-refractivity contribution in [3.8, 4) is 0 Å². The SMILES string of the molecule is CC[C@H](C)[C@H](NC(=O)OC(C)(C)C)C(=O)N(C)[C@H](C[C@@H](O)c1nc(C(=O)O)cs1)C(C)C. The summed E-state index contributed by atoms with van der Waals surface area (Å²) in [5.41, 5.74) is -0.806. The van der Waals surface area contributed by atoms with Crippen molar-refractivity contribution in [3.05, 3.63) is 16.1 Å². The molecule has 9 nitrogen and oxygen atoms in total. The molecule has 0 fully saturated rings. The summed E-state index contributed by atoms with van der Waals surface area (Å²) in [5.74, 6) is -1.57. The zero-order valence-electron chi connectivity index (χ0n) is 20.2. The van der Waals surface area contributed by atoms with E-state index in [9.17, 15) is 19.5 Å². The molecule has 1 aromatic rings. The lowest BCUT2D eigenvalue weighted by Gasteiger charge is -2.36. The van der Waals surface area contributed by atoms with Crippen molar-refractivity contribution < 1.29 is 29.3 Å². The predicted molar refractivity (Wildman–Crippen MR) is 123 cm³/mol. The van der Waals surface area contributed by atoms with E-state index >= 15 is 0 Å². The molecule has 32 heavy (non-hydrogen) atoms. The number of ether oxygens (including phenoxy) is 1. The third kappa shape index (κ3) is 8.05. The van der Waals surface area contributed by atoms with Crippen LogP contribution in [0.1, 0.15) is 82.9 Å². The Morgan fingerprint density at radius 2 is 1.84 bits per heavy atom. The zero-order chi connectivity index (χ0) is 24.8. The number of carboxylic acid groups (broad SMARTS) is 1. The first-order valence-electron chi connectivity index (χ1n) is 10.8. The van der Waals surface area contributed by atoms with Crippen LogP contribution in [0.15, 0.2) is 5.38 Å². The van der Waals surface area contributed by atoms with Gasteiger partial charge in [0.25, 0.3) is 0 Å². The highest BCUT2D eigenvalue weighted by molar-refractivity contribution is 7.09. The van der Waals surface area contributed by atoms with Gasteiger partial charge in [-0.3, -0.25) is 4.79 Å². The van der Waals surface area contributed by atoms with Crippen LogP contribution in [0.25, 0.3) is 0 Å². The molecule has 1 aromatic heterocycles. The van der Waals surface area contributed by atoms with E-state index in [-0.39, 0.29) is 35.9 Å². The number of nitrogens with one attached hydrogen (secondary N) is 1. The monoisotopic (exact) mass is 471 g/mol. The maximum absolute atomic E-state index is 13.4. The Labute approximate surface area is 194 Å². The number of aliphatic hydroxyl groups is 1. The van der Waals surface area contributed by atoms with E-state index in [2.05, 4.69) is 10.3 Å². The summed E-state index contributed by atoms with van der Waals surface area (Å²) in [7, 11) is 1.65. The number of nitrogens with zero attached hydrogens (tertiary/aromatic N) is 2. The van der Waals surface area contributed by atoms with Crippen molar-refractivity contribution in [1.29, 1.82) is 0 Å².